The van der Waals surface area contributed by atoms with E-state index in [1.165, 1.54) is 24.3 Å². The van der Waals surface area contributed by atoms with Crippen LogP contribution in [0.25, 0.3) is 11.1 Å². The number of anilines is 2. The van der Waals surface area contributed by atoms with Crippen molar-refractivity contribution in [2.75, 3.05) is 23.3 Å². The van der Waals surface area contributed by atoms with Crippen molar-refractivity contribution in [2.24, 2.45) is 0 Å². The van der Waals surface area contributed by atoms with Crippen molar-refractivity contribution < 1.29 is 22.7 Å². The molecule has 0 radical (unpaired) electrons. The molecule has 190 valence electrons. The fourth-order valence-corrected chi connectivity index (χ4v) is 5.06. The molecule has 4 rings (SSSR count). The van der Waals surface area contributed by atoms with Gasteiger partial charge < -0.3 is 9.64 Å². The molecule has 0 heterocycles. The molecule has 0 aliphatic heterocycles. The molecule has 4 nitrogen and oxygen atoms in total. The largest absolute Gasteiger partial charge is 0.435 e. The van der Waals surface area contributed by atoms with E-state index >= 15 is 0 Å². The molecule has 1 amide bonds. The van der Waals surface area contributed by atoms with Gasteiger partial charge in [-0.25, -0.2) is 4.79 Å². The third-order valence-corrected chi connectivity index (χ3v) is 6.90. The summed E-state index contributed by atoms with van der Waals surface area (Å²) in [4.78, 5) is 14.9. The number of rotatable bonds is 6. The molecule has 3 aromatic carbocycles. The van der Waals surface area contributed by atoms with Crippen LogP contribution < -0.4 is 10.2 Å². The lowest BCUT2D eigenvalue weighted by Crippen LogP contribution is -2.40. The van der Waals surface area contributed by atoms with Crippen molar-refractivity contribution in [1.82, 2.24) is 0 Å². The van der Waals surface area contributed by atoms with Crippen LogP contribution >= 0.6 is 23.2 Å². The number of carbonyl (C=O) groups excluding carboxylic acids is 1. The lowest BCUT2D eigenvalue weighted by molar-refractivity contribution is -0.205. The molecule has 1 N–H and O–H groups in total. The van der Waals surface area contributed by atoms with Gasteiger partial charge in [-0.05, 0) is 91.1 Å². The van der Waals surface area contributed by atoms with E-state index in [1.54, 1.807) is 25.1 Å². The molecule has 36 heavy (non-hydrogen) atoms. The second-order valence-electron chi connectivity index (χ2n) is 8.60. The molecule has 1 unspecified atom stereocenters. The number of alkyl halides is 3. The number of carbonyl (C=O) groups is 1. The Kier molecular flexibility index (Phi) is 7.43. The summed E-state index contributed by atoms with van der Waals surface area (Å²) in [6.45, 7) is 7.44. The molecule has 1 aliphatic carbocycles. The molecule has 0 saturated heterocycles. The van der Waals surface area contributed by atoms with E-state index in [9.17, 15) is 18.0 Å². The number of benzene rings is 3. The standard InChI is InChI=1S/C27H25Cl2F3N2O2/c1-4-34(5-2)18-8-11-23(15(3)12-18)33-26(35)36-25(27(30,31)32)24-19-9-6-16(28)13-21(19)22-14-17(29)7-10-20(22)24/h6-14,24-25H,4-5H2,1-3H3,(H,33,35). The number of nitrogens with one attached hydrogen (secondary N) is 1. The normalized spacial score (nSPS) is 13.7. The Balaban J connectivity index is 1.65. The van der Waals surface area contributed by atoms with Gasteiger partial charge in [-0.2, -0.15) is 13.2 Å². The number of amides is 1. The molecule has 0 spiro atoms. The number of ether oxygens (including phenoxy) is 1. The highest BCUT2D eigenvalue weighted by Crippen LogP contribution is 2.51. The van der Waals surface area contributed by atoms with Gasteiger partial charge in [0.25, 0.3) is 0 Å². The highest BCUT2D eigenvalue weighted by atomic mass is 35.5. The zero-order chi connectivity index (χ0) is 26.2. The minimum absolute atomic E-state index is 0.367. The van der Waals surface area contributed by atoms with Gasteiger partial charge in [-0.1, -0.05) is 35.3 Å². The van der Waals surface area contributed by atoms with E-state index in [-0.39, 0.29) is 0 Å². The van der Waals surface area contributed by atoms with Crippen LogP contribution in [0.15, 0.2) is 54.6 Å². The van der Waals surface area contributed by atoms with Crippen LogP contribution in [0.3, 0.4) is 0 Å². The lowest BCUT2D eigenvalue weighted by atomic mass is 9.90. The topological polar surface area (TPSA) is 41.6 Å². The lowest BCUT2D eigenvalue weighted by Gasteiger charge is -2.28. The van der Waals surface area contributed by atoms with Gasteiger partial charge in [-0.15, -0.1) is 0 Å². The van der Waals surface area contributed by atoms with Crippen molar-refractivity contribution in [3.05, 3.63) is 81.3 Å². The van der Waals surface area contributed by atoms with Gasteiger partial charge in [0.15, 0.2) is 0 Å². The van der Waals surface area contributed by atoms with Crippen molar-refractivity contribution in [2.45, 2.75) is 39.0 Å². The zero-order valence-electron chi connectivity index (χ0n) is 19.9. The number of hydrogen-bond acceptors (Lipinski definition) is 3. The van der Waals surface area contributed by atoms with Crippen molar-refractivity contribution in [3.63, 3.8) is 0 Å². The number of halogens is 5. The van der Waals surface area contributed by atoms with Crippen molar-refractivity contribution in [1.29, 1.82) is 0 Å². The third kappa shape index (κ3) is 5.13. The average molecular weight is 537 g/mol. The molecule has 0 fully saturated rings. The van der Waals surface area contributed by atoms with Crippen LogP contribution in [0.1, 0.15) is 36.5 Å². The quantitative estimate of drug-likeness (QED) is 0.343. The predicted molar refractivity (Wildman–Crippen MR) is 138 cm³/mol. The first-order valence-corrected chi connectivity index (χ1v) is 12.3. The number of hydrogen-bond donors (Lipinski definition) is 1. The highest BCUT2D eigenvalue weighted by molar-refractivity contribution is 6.31. The van der Waals surface area contributed by atoms with Crippen LogP contribution in [0, 0.1) is 6.92 Å². The molecule has 1 atom stereocenters. The average Bonchev–Trinajstić information content (AvgIpc) is 3.11. The fourth-order valence-electron chi connectivity index (χ4n) is 4.71. The fraction of sp³-hybridized carbons (Fsp3) is 0.296. The number of nitrogens with zero attached hydrogens (tertiary/aromatic N) is 1. The molecule has 0 aromatic heterocycles. The Labute approximate surface area is 218 Å². The summed E-state index contributed by atoms with van der Waals surface area (Å²) >= 11 is 12.3. The van der Waals surface area contributed by atoms with E-state index in [2.05, 4.69) is 10.2 Å². The van der Waals surface area contributed by atoms with Crippen molar-refractivity contribution >= 4 is 40.7 Å². The summed E-state index contributed by atoms with van der Waals surface area (Å²) in [5.41, 5.74) is 3.85. The molecular formula is C27H25Cl2F3N2O2. The highest BCUT2D eigenvalue weighted by Gasteiger charge is 2.52. The predicted octanol–water partition coefficient (Wildman–Crippen LogP) is 8.44. The first-order chi connectivity index (χ1) is 17.0. The first-order valence-electron chi connectivity index (χ1n) is 11.5. The van der Waals surface area contributed by atoms with E-state index in [1.807, 2.05) is 26.0 Å². The summed E-state index contributed by atoms with van der Waals surface area (Å²) in [6.07, 6.45) is -8.44. The molecule has 3 aromatic rings. The van der Waals surface area contributed by atoms with E-state index in [0.29, 0.717) is 43.5 Å². The SMILES string of the molecule is CCN(CC)c1ccc(NC(=O)OC(C2c3ccc(Cl)cc3-c3cc(Cl)ccc32)C(F)(F)F)c(C)c1. The van der Waals surface area contributed by atoms with Crippen LogP contribution in [0.5, 0.6) is 0 Å². The Bertz CT molecular complexity index is 1240. The summed E-state index contributed by atoms with van der Waals surface area (Å²) in [5, 5.41) is 3.24. The number of fused-ring (bicyclic) bond motifs is 3. The zero-order valence-corrected chi connectivity index (χ0v) is 21.4. The molecule has 1 aliphatic rings. The second-order valence-corrected chi connectivity index (χ2v) is 9.48. The first kappa shape index (κ1) is 26.2. The van der Waals surface area contributed by atoms with Gasteiger partial charge >= 0.3 is 12.3 Å². The van der Waals surface area contributed by atoms with Gasteiger partial charge in [0, 0.05) is 34.5 Å². The van der Waals surface area contributed by atoms with Crippen LogP contribution in [0.4, 0.5) is 29.3 Å². The summed E-state index contributed by atoms with van der Waals surface area (Å²) in [6, 6.07) is 14.7. The summed E-state index contributed by atoms with van der Waals surface area (Å²) in [7, 11) is 0. The molecule has 0 bridgehead atoms. The monoisotopic (exact) mass is 536 g/mol. The third-order valence-electron chi connectivity index (χ3n) is 6.43. The van der Waals surface area contributed by atoms with Crippen LogP contribution in [-0.4, -0.2) is 31.5 Å². The van der Waals surface area contributed by atoms with Crippen LogP contribution in [0.2, 0.25) is 10.0 Å². The maximum atomic E-state index is 14.4. The van der Waals surface area contributed by atoms with Gasteiger partial charge in [0.05, 0.1) is 5.92 Å². The minimum Gasteiger partial charge on any atom is -0.435 e. The van der Waals surface area contributed by atoms with E-state index < -0.39 is 24.3 Å². The number of aryl methyl sites for hydroxylation is 1. The second kappa shape index (κ2) is 10.2. The van der Waals surface area contributed by atoms with Crippen molar-refractivity contribution in [3.8, 4) is 11.1 Å². The molecule has 9 heteroatoms. The maximum absolute atomic E-state index is 14.4. The summed E-state index contributed by atoms with van der Waals surface area (Å²) in [5.74, 6) is -1.26. The Hall–Kier alpha value is -2.90. The minimum atomic E-state index is -4.83. The Morgan fingerprint density at radius 1 is 0.972 bits per heavy atom. The van der Waals surface area contributed by atoms with Gasteiger partial charge in [0.2, 0.25) is 6.10 Å². The Morgan fingerprint density at radius 3 is 2.00 bits per heavy atom. The van der Waals surface area contributed by atoms with Crippen LogP contribution in [-0.2, 0) is 4.74 Å². The van der Waals surface area contributed by atoms with E-state index in [0.717, 1.165) is 18.8 Å². The smallest absolute Gasteiger partial charge is 0.426 e. The van der Waals surface area contributed by atoms with Gasteiger partial charge in [-0.3, -0.25) is 5.32 Å². The maximum Gasteiger partial charge on any atom is 0.426 e. The van der Waals surface area contributed by atoms with E-state index in [4.69, 9.17) is 27.9 Å². The Morgan fingerprint density at radius 2 is 1.53 bits per heavy atom. The van der Waals surface area contributed by atoms with Gasteiger partial charge in [0.1, 0.15) is 0 Å². The molecular weight excluding hydrogens is 512 g/mol. The molecule has 0 saturated carbocycles. The summed E-state index contributed by atoms with van der Waals surface area (Å²) < 4.78 is 48.2.